The lowest BCUT2D eigenvalue weighted by Gasteiger charge is -2.06. The average molecular weight is 316 g/mol. The summed E-state index contributed by atoms with van der Waals surface area (Å²) in [4.78, 5) is 16.2. The van der Waals surface area contributed by atoms with Crippen LogP contribution in [0.3, 0.4) is 0 Å². The number of benzene rings is 1. The Hall–Kier alpha value is -2.53. The minimum Gasteiger partial charge on any atom is -0.484 e. The van der Waals surface area contributed by atoms with Gasteiger partial charge in [0, 0.05) is 12.4 Å². The molecule has 0 saturated carbocycles. The number of aromatic nitrogens is 2. The van der Waals surface area contributed by atoms with Gasteiger partial charge in [-0.2, -0.15) is 0 Å². The summed E-state index contributed by atoms with van der Waals surface area (Å²) in [6.07, 6.45) is 3.60. The van der Waals surface area contributed by atoms with Crippen LogP contribution in [-0.4, -0.2) is 21.9 Å². The Morgan fingerprint density at radius 2 is 2.00 bits per heavy atom. The number of halogens is 1. The Labute approximate surface area is 132 Å². The number of carbonyl (C=O) groups excluding carboxylic acids is 1. The lowest BCUT2D eigenvalue weighted by atomic mass is 10.3. The summed E-state index contributed by atoms with van der Waals surface area (Å²) in [6, 6.07) is 12.8. The van der Waals surface area contributed by atoms with Gasteiger partial charge in [0.05, 0.1) is 17.3 Å². The van der Waals surface area contributed by atoms with Crippen molar-refractivity contribution in [1.82, 2.24) is 14.7 Å². The second-order valence-electron chi connectivity index (χ2n) is 4.72. The van der Waals surface area contributed by atoms with Crippen LogP contribution in [0.4, 0.5) is 0 Å². The van der Waals surface area contributed by atoms with E-state index in [2.05, 4.69) is 10.3 Å². The fourth-order valence-electron chi connectivity index (χ4n) is 2.01. The molecule has 0 unspecified atom stereocenters. The molecule has 3 aromatic rings. The van der Waals surface area contributed by atoms with Crippen LogP contribution in [-0.2, 0) is 11.3 Å². The topological polar surface area (TPSA) is 55.6 Å². The molecule has 0 aliphatic heterocycles. The van der Waals surface area contributed by atoms with E-state index in [0.717, 1.165) is 11.3 Å². The molecule has 1 N–H and O–H groups in total. The van der Waals surface area contributed by atoms with Gasteiger partial charge in [0.15, 0.2) is 6.61 Å². The Morgan fingerprint density at radius 1 is 1.18 bits per heavy atom. The van der Waals surface area contributed by atoms with Crippen molar-refractivity contribution >= 4 is 23.2 Å². The molecule has 0 radical (unpaired) electrons. The van der Waals surface area contributed by atoms with Gasteiger partial charge >= 0.3 is 0 Å². The van der Waals surface area contributed by atoms with E-state index in [1.807, 2.05) is 34.9 Å². The smallest absolute Gasteiger partial charge is 0.258 e. The van der Waals surface area contributed by atoms with Gasteiger partial charge in [-0.15, -0.1) is 0 Å². The molecule has 2 heterocycles. The SMILES string of the molecule is O=C(COc1ccccc1)NCc1cn2cc(Cl)ccc2n1. The van der Waals surface area contributed by atoms with E-state index in [1.165, 1.54) is 0 Å². The first kappa shape index (κ1) is 14.4. The first-order chi connectivity index (χ1) is 10.7. The third kappa shape index (κ3) is 3.56. The summed E-state index contributed by atoms with van der Waals surface area (Å²) < 4.78 is 7.20. The monoisotopic (exact) mass is 315 g/mol. The molecule has 0 saturated heterocycles. The molecule has 5 nitrogen and oxygen atoms in total. The van der Waals surface area contributed by atoms with Crippen molar-refractivity contribution < 1.29 is 9.53 Å². The highest BCUT2D eigenvalue weighted by atomic mass is 35.5. The number of rotatable bonds is 5. The van der Waals surface area contributed by atoms with Crippen LogP contribution in [0.1, 0.15) is 5.69 Å². The van der Waals surface area contributed by atoms with Gasteiger partial charge in [0.2, 0.25) is 0 Å². The quantitative estimate of drug-likeness (QED) is 0.787. The fraction of sp³-hybridized carbons (Fsp3) is 0.125. The molecule has 1 aromatic carbocycles. The van der Waals surface area contributed by atoms with Crippen molar-refractivity contribution in [3.63, 3.8) is 0 Å². The number of para-hydroxylation sites is 1. The molecule has 22 heavy (non-hydrogen) atoms. The number of pyridine rings is 1. The Kier molecular flexibility index (Phi) is 4.25. The summed E-state index contributed by atoms with van der Waals surface area (Å²) in [7, 11) is 0. The maximum atomic E-state index is 11.8. The number of hydrogen-bond acceptors (Lipinski definition) is 3. The molecule has 1 amide bonds. The fourth-order valence-corrected chi connectivity index (χ4v) is 2.18. The molecule has 0 aliphatic carbocycles. The highest BCUT2D eigenvalue weighted by molar-refractivity contribution is 6.30. The van der Waals surface area contributed by atoms with Crippen molar-refractivity contribution in [3.05, 3.63) is 65.6 Å². The van der Waals surface area contributed by atoms with Gasteiger partial charge in [-0.25, -0.2) is 4.98 Å². The minimum atomic E-state index is -0.195. The average Bonchev–Trinajstić information content (AvgIpc) is 2.94. The number of amides is 1. The Bertz CT molecular complexity index is 786. The zero-order valence-electron chi connectivity index (χ0n) is 11.7. The van der Waals surface area contributed by atoms with Gasteiger partial charge in [-0.1, -0.05) is 29.8 Å². The minimum absolute atomic E-state index is 0.0246. The first-order valence-electron chi connectivity index (χ1n) is 6.78. The molecule has 0 bridgehead atoms. The number of hydrogen-bond donors (Lipinski definition) is 1. The van der Waals surface area contributed by atoms with E-state index < -0.39 is 0 Å². The summed E-state index contributed by atoms with van der Waals surface area (Å²) in [5.74, 6) is 0.471. The second kappa shape index (κ2) is 6.49. The molecule has 2 aromatic heterocycles. The van der Waals surface area contributed by atoms with Crippen molar-refractivity contribution in [2.24, 2.45) is 0 Å². The predicted molar refractivity (Wildman–Crippen MR) is 84.0 cm³/mol. The van der Waals surface area contributed by atoms with Crippen molar-refractivity contribution in [3.8, 4) is 5.75 Å². The number of imidazole rings is 1. The van der Waals surface area contributed by atoms with Crippen LogP contribution >= 0.6 is 11.6 Å². The van der Waals surface area contributed by atoms with Gasteiger partial charge in [-0.05, 0) is 24.3 Å². The van der Waals surface area contributed by atoms with Crippen molar-refractivity contribution in [1.29, 1.82) is 0 Å². The summed E-state index contributed by atoms with van der Waals surface area (Å²) >= 11 is 5.92. The van der Waals surface area contributed by atoms with Crippen LogP contribution in [0.25, 0.3) is 5.65 Å². The molecular formula is C16H14ClN3O2. The van der Waals surface area contributed by atoms with Crippen LogP contribution < -0.4 is 10.1 Å². The van der Waals surface area contributed by atoms with E-state index >= 15 is 0 Å². The van der Waals surface area contributed by atoms with Gasteiger partial charge in [0.1, 0.15) is 11.4 Å². The largest absolute Gasteiger partial charge is 0.484 e. The maximum absolute atomic E-state index is 11.8. The standard InChI is InChI=1S/C16H14ClN3O2/c17-12-6-7-15-19-13(10-20(15)9-12)8-18-16(21)11-22-14-4-2-1-3-5-14/h1-7,9-10H,8,11H2,(H,18,21). The lowest BCUT2D eigenvalue weighted by molar-refractivity contribution is -0.123. The molecule has 0 spiro atoms. The molecule has 6 heteroatoms. The Balaban J connectivity index is 1.53. The van der Waals surface area contributed by atoms with Crippen LogP contribution in [0.5, 0.6) is 5.75 Å². The van der Waals surface area contributed by atoms with E-state index in [-0.39, 0.29) is 12.5 Å². The molecule has 3 rings (SSSR count). The molecular weight excluding hydrogens is 302 g/mol. The number of fused-ring (bicyclic) bond motifs is 1. The predicted octanol–water partition coefficient (Wildman–Crippen LogP) is 2.68. The first-order valence-corrected chi connectivity index (χ1v) is 7.16. The highest BCUT2D eigenvalue weighted by Crippen LogP contribution is 2.11. The van der Waals surface area contributed by atoms with Crippen LogP contribution in [0, 0.1) is 0 Å². The third-order valence-electron chi connectivity index (χ3n) is 3.04. The number of carbonyl (C=O) groups is 1. The van der Waals surface area contributed by atoms with Crippen LogP contribution in [0.2, 0.25) is 5.02 Å². The zero-order valence-corrected chi connectivity index (χ0v) is 12.5. The normalized spacial score (nSPS) is 10.6. The van der Waals surface area contributed by atoms with E-state index in [4.69, 9.17) is 16.3 Å². The van der Waals surface area contributed by atoms with E-state index in [0.29, 0.717) is 17.3 Å². The molecule has 0 aliphatic rings. The summed E-state index contributed by atoms with van der Waals surface area (Å²) in [5, 5.41) is 3.41. The molecule has 0 atom stereocenters. The highest BCUT2D eigenvalue weighted by Gasteiger charge is 2.06. The molecule has 112 valence electrons. The summed E-state index contributed by atoms with van der Waals surface area (Å²) in [5.41, 5.74) is 1.55. The maximum Gasteiger partial charge on any atom is 0.258 e. The number of nitrogens with one attached hydrogen (secondary N) is 1. The summed E-state index contributed by atoms with van der Waals surface area (Å²) in [6.45, 7) is 0.319. The van der Waals surface area contributed by atoms with Crippen LogP contribution in [0.15, 0.2) is 54.9 Å². The van der Waals surface area contributed by atoms with Crippen molar-refractivity contribution in [2.75, 3.05) is 6.61 Å². The second-order valence-corrected chi connectivity index (χ2v) is 5.16. The zero-order chi connectivity index (χ0) is 15.4. The van der Waals surface area contributed by atoms with E-state index in [1.54, 1.807) is 24.4 Å². The van der Waals surface area contributed by atoms with E-state index in [9.17, 15) is 4.79 Å². The Morgan fingerprint density at radius 3 is 2.82 bits per heavy atom. The number of ether oxygens (including phenoxy) is 1. The van der Waals surface area contributed by atoms with Gasteiger partial charge in [0.25, 0.3) is 5.91 Å². The van der Waals surface area contributed by atoms with Gasteiger partial charge in [-0.3, -0.25) is 4.79 Å². The van der Waals surface area contributed by atoms with Gasteiger partial charge < -0.3 is 14.5 Å². The lowest BCUT2D eigenvalue weighted by Crippen LogP contribution is -2.28. The molecule has 0 fully saturated rings. The third-order valence-corrected chi connectivity index (χ3v) is 3.27. The van der Waals surface area contributed by atoms with Crippen molar-refractivity contribution in [2.45, 2.75) is 6.54 Å². The number of nitrogens with zero attached hydrogens (tertiary/aromatic N) is 2.